The van der Waals surface area contributed by atoms with E-state index in [0.29, 0.717) is 11.7 Å². The average molecular weight is 294 g/mol. The first kappa shape index (κ1) is 14.2. The van der Waals surface area contributed by atoms with Gasteiger partial charge in [-0.1, -0.05) is 68.7 Å². The number of allylic oxidation sites excluding steroid dienone is 2. The van der Waals surface area contributed by atoms with Crippen LogP contribution >= 0.6 is 0 Å². The third-order valence-corrected chi connectivity index (χ3v) is 6.72. The molecule has 22 heavy (non-hydrogen) atoms. The van der Waals surface area contributed by atoms with E-state index in [-0.39, 0.29) is 22.7 Å². The maximum Gasteiger partial charge on any atom is 0.144 e. The highest BCUT2D eigenvalue weighted by atomic mass is 16.1. The standard InChI is InChI=1S/C21H26O/c1-13-6-8-14(9-7-13)17-15-12-16-20(2,3)10-5-11-21(16,4)18(17)19(15)22/h6-9,12,15,17-18H,5,10-11H2,1-4H3. The van der Waals surface area contributed by atoms with Gasteiger partial charge in [0, 0.05) is 17.8 Å². The Balaban J connectivity index is 1.80. The molecule has 1 nitrogen and oxygen atoms in total. The summed E-state index contributed by atoms with van der Waals surface area (Å²) in [5, 5.41) is 0. The topological polar surface area (TPSA) is 17.1 Å². The van der Waals surface area contributed by atoms with Crippen LogP contribution in [0.1, 0.15) is 57.1 Å². The Hall–Kier alpha value is -1.37. The van der Waals surface area contributed by atoms with Gasteiger partial charge in [-0.05, 0) is 36.2 Å². The zero-order valence-corrected chi connectivity index (χ0v) is 14.1. The number of carbonyl (C=O) groups is 1. The largest absolute Gasteiger partial charge is 0.299 e. The molecule has 0 aliphatic heterocycles. The average Bonchev–Trinajstić information content (AvgIpc) is 2.45. The molecule has 4 rings (SSSR count). The van der Waals surface area contributed by atoms with Crippen molar-refractivity contribution in [2.45, 2.75) is 52.9 Å². The van der Waals surface area contributed by atoms with Crippen molar-refractivity contribution in [3.8, 4) is 0 Å². The van der Waals surface area contributed by atoms with E-state index in [1.807, 2.05) is 0 Å². The normalized spacial score (nSPS) is 38.8. The number of Topliss-reactive ketones (excluding diaryl/α,β-unsaturated/α-hetero) is 1. The van der Waals surface area contributed by atoms with Gasteiger partial charge in [0.2, 0.25) is 0 Å². The van der Waals surface area contributed by atoms with Crippen molar-refractivity contribution in [1.29, 1.82) is 0 Å². The molecule has 1 aromatic carbocycles. The first-order valence-corrected chi connectivity index (χ1v) is 8.68. The van der Waals surface area contributed by atoms with Crippen molar-refractivity contribution < 1.29 is 4.79 Å². The molecular weight excluding hydrogens is 268 g/mol. The van der Waals surface area contributed by atoms with Crippen molar-refractivity contribution >= 4 is 5.78 Å². The van der Waals surface area contributed by atoms with E-state index in [1.54, 1.807) is 5.57 Å². The molecule has 2 saturated carbocycles. The molecule has 0 heterocycles. The molecule has 3 aliphatic carbocycles. The molecule has 0 radical (unpaired) electrons. The van der Waals surface area contributed by atoms with E-state index in [0.717, 1.165) is 0 Å². The first-order valence-electron chi connectivity index (χ1n) is 8.68. The lowest BCUT2D eigenvalue weighted by Gasteiger charge is -2.61. The Bertz CT molecular complexity index is 664. The Labute approximate surface area is 133 Å². The van der Waals surface area contributed by atoms with Crippen molar-refractivity contribution in [3.05, 3.63) is 47.0 Å². The van der Waals surface area contributed by atoms with Crippen LogP contribution in [0.15, 0.2) is 35.9 Å². The summed E-state index contributed by atoms with van der Waals surface area (Å²) in [5.41, 5.74) is 4.58. The predicted octanol–water partition coefficient (Wildman–Crippen LogP) is 5.05. The molecule has 0 amide bonds. The molecule has 1 heteroatoms. The number of carbonyl (C=O) groups excluding carboxylic acids is 1. The van der Waals surface area contributed by atoms with Crippen LogP contribution in [0.25, 0.3) is 0 Å². The number of ketones is 1. The zero-order valence-electron chi connectivity index (χ0n) is 14.1. The molecule has 0 aromatic heterocycles. The van der Waals surface area contributed by atoms with Crippen LogP contribution < -0.4 is 0 Å². The Kier molecular flexibility index (Phi) is 2.81. The van der Waals surface area contributed by atoms with E-state index >= 15 is 0 Å². The van der Waals surface area contributed by atoms with Crippen molar-refractivity contribution in [1.82, 2.24) is 0 Å². The van der Waals surface area contributed by atoms with Crippen molar-refractivity contribution in [2.75, 3.05) is 0 Å². The van der Waals surface area contributed by atoms with Crippen LogP contribution in [0.2, 0.25) is 0 Å². The third kappa shape index (κ3) is 1.68. The third-order valence-electron chi connectivity index (χ3n) is 6.72. The highest BCUT2D eigenvalue weighted by Gasteiger charge is 2.63. The smallest absolute Gasteiger partial charge is 0.144 e. The minimum atomic E-state index is 0.0864. The second-order valence-corrected chi connectivity index (χ2v) is 8.58. The van der Waals surface area contributed by atoms with Gasteiger partial charge in [-0.3, -0.25) is 4.79 Å². The van der Waals surface area contributed by atoms with Gasteiger partial charge in [0.15, 0.2) is 0 Å². The fraction of sp³-hybridized carbons (Fsp3) is 0.571. The van der Waals surface area contributed by atoms with E-state index in [2.05, 4.69) is 58.0 Å². The van der Waals surface area contributed by atoms with Crippen molar-refractivity contribution in [3.63, 3.8) is 0 Å². The molecule has 4 atom stereocenters. The number of rotatable bonds is 1. The Morgan fingerprint density at radius 3 is 2.41 bits per heavy atom. The summed E-state index contributed by atoms with van der Waals surface area (Å²) in [6, 6.07) is 8.85. The van der Waals surface area contributed by atoms with Gasteiger partial charge in [0.1, 0.15) is 5.78 Å². The van der Waals surface area contributed by atoms with Gasteiger partial charge in [-0.25, -0.2) is 0 Å². The zero-order chi connectivity index (χ0) is 15.7. The molecule has 116 valence electrons. The summed E-state index contributed by atoms with van der Waals surface area (Å²) in [6.45, 7) is 9.22. The molecule has 4 unspecified atom stereocenters. The lowest BCUT2D eigenvalue weighted by atomic mass is 9.41. The fourth-order valence-electron chi connectivity index (χ4n) is 5.59. The van der Waals surface area contributed by atoms with Gasteiger partial charge >= 0.3 is 0 Å². The molecule has 2 bridgehead atoms. The van der Waals surface area contributed by atoms with Gasteiger partial charge in [-0.2, -0.15) is 0 Å². The van der Waals surface area contributed by atoms with Gasteiger partial charge in [0.25, 0.3) is 0 Å². The number of aryl methyl sites for hydroxylation is 1. The number of hydrogen-bond acceptors (Lipinski definition) is 1. The maximum atomic E-state index is 12.7. The Morgan fingerprint density at radius 1 is 1.05 bits per heavy atom. The minimum absolute atomic E-state index is 0.0864. The van der Waals surface area contributed by atoms with Gasteiger partial charge in [0.05, 0.1) is 0 Å². The summed E-state index contributed by atoms with van der Waals surface area (Å²) in [6.07, 6.45) is 6.05. The molecule has 2 fully saturated rings. The second-order valence-electron chi connectivity index (χ2n) is 8.58. The first-order chi connectivity index (χ1) is 10.3. The monoisotopic (exact) mass is 294 g/mol. The number of fused-ring (bicyclic) bond motifs is 4. The van der Waals surface area contributed by atoms with E-state index in [9.17, 15) is 4.79 Å². The Morgan fingerprint density at radius 2 is 1.73 bits per heavy atom. The van der Waals surface area contributed by atoms with Gasteiger partial charge in [-0.15, -0.1) is 0 Å². The molecule has 3 aliphatic rings. The van der Waals surface area contributed by atoms with E-state index in [1.165, 1.54) is 30.4 Å². The predicted molar refractivity (Wildman–Crippen MR) is 89.7 cm³/mol. The highest BCUT2D eigenvalue weighted by Crippen LogP contribution is 2.67. The van der Waals surface area contributed by atoms with Crippen molar-refractivity contribution in [2.24, 2.45) is 22.7 Å². The van der Waals surface area contributed by atoms with Crippen LogP contribution in [0.3, 0.4) is 0 Å². The summed E-state index contributed by atoms with van der Waals surface area (Å²) >= 11 is 0. The molecule has 0 spiro atoms. The quantitative estimate of drug-likeness (QED) is 0.662. The molecule has 0 N–H and O–H groups in total. The van der Waals surface area contributed by atoms with Gasteiger partial charge < -0.3 is 0 Å². The second kappa shape index (κ2) is 4.34. The maximum absolute atomic E-state index is 12.7. The van der Waals surface area contributed by atoms with E-state index in [4.69, 9.17) is 0 Å². The lowest BCUT2D eigenvalue weighted by molar-refractivity contribution is -0.145. The number of hydrogen-bond donors (Lipinski definition) is 0. The summed E-state index contributed by atoms with van der Waals surface area (Å²) in [5.74, 6) is 1.25. The highest BCUT2D eigenvalue weighted by molar-refractivity contribution is 5.96. The minimum Gasteiger partial charge on any atom is -0.299 e. The molecule has 1 aromatic rings. The SMILES string of the molecule is Cc1ccc(C2C3C=C4C(C)(C)CCCC4(C)C2C3=O)cc1. The summed E-state index contributed by atoms with van der Waals surface area (Å²) in [7, 11) is 0. The molecule has 0 saturated heterocycles. The number of benzene rings is 1. The fourth-order valence-corrected chi connectivity index (χ4v) is 5.59. The van der Waals surface area contributed by atoms with Crippen LogP contribution in [0.4, 0.5) is 0 Å². The van der Waals surface area contributed by atoms with E-state index < -0.39 is 0 Å². The van der Waals surface area contributed by atoms with Crippen LogP contribution in [0.5, 0.6) is 0 Å². The summed E-state index contributed by atoms with van der Waals surface area (Å²) in [4.78, 5) is 12.7. The van der Waals surface area contributed by atoms with Crippen LogP contribution in [-0.4, -0.2) is 5.78 Å². The van der Waals surface area contributed by atoms with Crippen LogP contribution in [-0.2, 0) is 4.79 Å². The lowest BCUT2D eigenvalue weighted by Crippen LogP contribution is -2.59. The molecular formula is C21H26O. The van der Waals surface area contributed by atoms with Crippen LogP contribution in [0, 0.1) is 29.6 Å². The summed E-state index contributed by atoms with van der Waals surface area (Å²) < 4.78 is 0.